The molecule has 0 spiro atoms. The van der Waals surface area contributed by atoms with Crippen LogP contribution in [-0.2, 0) is 26.2 Å². The van der Waals surface area contributed by atoms with E-state index >= 15 is 0 Å². The van der Waals surface area contributed by atoms with Gasteiger partial charge in [-0.1, -0.05) is 28.8 Å². The van der Waals surface area contributed by atoms with Gasteiger partial charge in [-0.05, 0) is 20.8 Å². The van der Waals surface area contributed by atoms with Crippen molar-refractivity contribution in [3.63, 3.8) is 0 Å². The molecule has 0 unspecified atom stereocenters. The summed E-state index contributed by atoms with van der Waals surface area (Å²) in [5.41, 5.74) is 5.00. The van der Waals surface area contributed by atoms with Crippen molar-refractivity contribution in [1.29, 1.82) is 0 Å². The molecule has 0 aromatic heterocycles. The molecular formula is C18H32NZr-5. The number of aryl methyl sites for hydroxylation is 3. The first-order chi connectivity index (χ1) is 9.15. The summed E-state index contributed by atoms with van der Waals surface area (Å²) in [6.07, 6.45) is 0.868. The van der Waals surface area contributed by atoms with Gasteiger partial charge in [0, 0.05) is 26.2 Å². The Morgan fingerprint density at radius 2 is 1.20 bits per heavy atom. The molecule has 1 aromatic carbocycles. The van der Waals surface area contributed by atoms with E-state index in [0.717, 1.165) is 18.7 Å². The van der Waals surface area contributed by atoms with Gasteiger partial charge in [0.2, 0.25) is 0 Å². The van der Waals surface area contributed by atoms with E-state index in [-0.39, 0.29) is 26.2 Å². The van der Waals surface area contributed by atoms with Crippen LogP contribution in [0.3, 0.4) is 0 Å². The molecule has 0 amide bonds. The Kier molecular flexibility index (Phi) is 29.8. The smallest absolute Gasteiger partial charge is 0 e. The topological polar surface area (TPSA) is 14.1 Å². The van der Waals surface area contributed by atoms with Gasteiger partial charge < -0.3 is 33.0 Å². The molecule has 0 fully saturated rings. The van der Waals surface area contributed by atoms with E-state index in [0.29, 0.717) is 0 Å². The second-order valence-corrected chi connectivity index (χ2v) is 3.48. The molecule has 0 saturated carbocycles. The summed E-state index contributed by atoms with van der Waals surface area (Å²) in [5, 5.41) is 4.50. The van der Waals surface area contributed by atoms with Gasteiger partial charge in [0.25, 0.3) is 0 Å². The van der Waals surface area contributed by atoms with Crippen LogP contribution in [0.5, 0.6) is 0 Å². The Hall–Kier alpha value is -0.0969. The quantitative estimate of drug-likeness (QED) is 0.561. The average Bonchev–Trinajstić information content (AvgIpc) is 2.44. The maximum atomic E-state index is 4.50. The van der Waals surface area contributed by atoms with Crippen molar-refractivity contribution in [3.8, 4) is 0 Å². The van der Waals surface area contributed by atoms with E-state index < -0.39 is 0 Å². The number of hydrogen-bond donors (Lipinski definition) is 0. The van der Waals surface area contributed by atoms with Crippen molar-refractivity contribution in [2.75, 3.05) is 6.54 Å². The van der Waals surface area contributed by atoms with Crippen LogP contribution in [0, 0.1) is 48.5 Å². The van der Waals surface area contributed by atoms with Crippen LogP contribution >= 0.6 is 0 Å². The van der Waals surface area contributed by atoms with Crippen LogP contribution < -0.4 is 0 Å². The third kappa shape index (κ3) is 12.9. The fourth-order valence-corrected chi connectivity index (χ4v) is 1.61. The first kappa shape index (κ1) is 28.1. The van der Waals surface area contributed by atoms with Crippen LogP contribution in [0.1, 0.15) is 43.9 Å². The molecule has 0 atom stereocenters. The van der Waals surface area contributed by atoms with Crippen molar-refractivity contribution < 1.29 is 26.2 Å². The predicted molar refractivity (Wildman–Crippen MR) is 91.6 cm³/mol. The number of benzene rings is 1. The van der Waals surface area contributed by atoms with Gasteiger partial charge >= 0.3 is 0 Å². The van der Waals surface area contributed by atoms with E-state index in [1.165, 1.54) is 16.7 Å². The molecule has 1 aromatic rings. The minimum atomic E-state index is 0. The van der Waals surface area contributed by atoms with Crippen LogP contribution in [0.25, 0.3) is 5.32 Å². The second-order valence-electron chi connectivity index (χ2n) is 3.48. The van der Waals surface area contributed by atoms with Crippen LogP contribution in [0.4, 0.5) is 5.69 Å². The van der Waals surface area contributed by atoms with Gasteiger partial charge in [-0.3, -0.25) is 0 Å². The summed E-state index contributed by atoms with van der Waals surface area (Å²) in [7, 11) is 0. The summed E-state index contributed by atoms with van der Waals surface area (Å²) in [4.78, 5) is 0. The normalized spacial score (nSPS) is 7.50. The van der Waals surface area contributed by atoms with Gasteiger partial charge in [0.1, 0.15) is 0 Å². The Labute approximate surface area is 148 Å². The average molecular weight is 354 g/mol. The van der Waals surface area contributed by atoms with Crippen molar-refractivity contribution in [1.82, 2.24) is 0 Å². The minimum Gasteiger partial charge on any atom is -0.686 e. The van der Waals surface area contributed by atoms with Crippen molar-refractivity contribution in [2.45, 2.75) is 48.0 Å². The van der Waals surface area contributed by atoms with E-state index in [4.69, 9.17) is 0 Å². The van der Waals surface area contributed by atoms with E-state index in [2.05, 4.69) is 65.9 Å². The summed E-state index contributed by atoms with van der Waals surface area (Å²) >= 11 is 0. The predicted octanol–water partition coefficient (Wildman–Crippen LogP) is 6.36. The SMILES string of the molecule is [CH2-]C.[CH2-]C.[CH2-]C.[CH2-]CC[N-]c1c(C)cc(C)cc1C.[Zr]. The zero-order valence-electron chi connectivity index (χ0n) is 14.3. The second kappa shape index (κ2) is 21.2. The summed E-state index contributed by atoms with van der Waals surface area (Å²) in [5.74, 6) is 0. The fourth-order valence-electron chi connectivity index (χ4n) is 1.61. The zero-order chi connectivity index (χ0) is 15.8. The third-order valence-corrected chi connectivity index (χ3v) is 2.06. The molecular weight excluding hydrogens is 321 g/mol. The molecule has 118 valence electrons. The van der Waals surface area contributed by atoms with Crippen molar-refractivity contribution in [2.24, 2.45) is 0 Å². The molecule has 1 rings (SSSR count). The molecule has 0 N–H and O–H groups in total. The first-order valence-corrected chi connectivity index (χ1v) is 6.82. The summed E-state index contributed by atoms with van der Waals surface area (Å²) < 4.78 is 0. The van der Waals surface area contributed by atoms with Crippen LogP contribution in [0.15, 0.2) is 12.1 Å². The standard InChI is InChI=1S/C12H17N.3C2H5.Zr/c1-5-6-13-12-10(3)7-9(2)8-11(12)4;3*1-2;/h7-8H,1,5-6H2,2-4H3;3*1H2,2H3;/q-2;3*-1;. The van der Waals surface area contributed by atoms with Crippen LogP contribution in [-0.4, -0.2) is 6.54 Å². The van der Waals surface area contributed by atoms with E-state index in [1.54, 1.807) is 20.8 Å². The van der Waals surface area contributed by atoms with Gasteiger partial charge in [0.15, 0.2) is 0 Å². The Morgan fingerprint density at radius 1 is 0.850 bits per heavy atom. The zero-order valence-corrected chi connectivity index (χ0v) is 16.8. The van der Waals surface area contributed by atoms with Gasteiger partial charge in [-0.15, -0.1) is 5.69 Å². The first-order valence-electron chi connectivity index (χ1n) is 6.82. The van der Waals surface area contributed by atoms with Gasteiger partial charge in [-0.2, -0.15) is 33.7 Å². The third-order valence-electron chi connectivity index (χ3n) is 2.06. The molecule has 0 aliphatic carbocycles. The molecule has 2 heteroatoms. The summed E-state index contributed by atoms with van der Waals surface area (Å²) in [6.45, 7) is 26.0. The molecule has 20 heavy (non-hydrogen) atoms. The van der Waals surface area contributed by atoms with Crippen LogP contribution in [0.2, 0.25) is 0 Å². The molecule has 0 aliphatic rings. The molecule has 1 nitrogen and oxygen atoms in total. The molecule has 0 heterocycles. The Morgan fingerprint density at radius 3 is 1.50 bits per heavy atom. The van der Waals surface area contributed by atoms with E-state index in [9.17, 15) is 0 Å². The Balaban J connectivity index is -0.000000162. The molecule has 0 radical (unpaired) electrons. The van der Waals surface area contributed by atoms with Gasteiger partial charge in [0.05, 0.1) is 0 Å². The maximum Gasteiger partial charge on any atom is 0 e. The summed E-state index contributed by atoms with van der Waals surface area (Å²) in [6, 6.07) is 4.35. The maximum absolute atomic E-state index is 4.50. The fraction of sp³-hybridized carbons (Fsp3) is 0.444. The largest absolute Gasteiger partial charge is 0.686 e. The van der Waals surface area contributed by atoms with E-state index in [1.807, 2.05) is 0 Å². The van der Waals surface area contributed by atoms with Crippen molar-refractivity contribution >= 4 is 5.69 Å². The minimum absolute atomic E-state index is 0. The van der Waals surface area contributed by atoms with Crippen molar-refractivity contribution in [3.05, 3.63) is 61.8 Å². The molecule has 0 bridgehead atoms. The number of rotatable bonds is 3. The Bertz CT molecular complexity index is 272. The number of nitrogens with zero attached hydrogens (tertiary/aromatic N) is 1. The molecule has 0 saturated heterocycles. The molecule has 0 aliphatic heterocycles. The monoisotopic (exact) mass is 352 g/mol. The number of hydrogen-bond acceptors (Lipinski definition) is 0. The van der Waals surface area contributed by atoms with Gasteiger partial charge in [-0.25, -0.2) is 0 Å².